The summed E-state index contributed by atoms with van der Waals surface area (Å²) >= 11 is 0. The fourth-order valence-corrected chi connectivity index (χ4v) is 5.13. The highest BCUT2D eigenvalue weighted by Crippen LogP contribution is 2.40. The maximum absolute atomic E-state index is 12.0. The van der Waals surface area contributed by atoms with Crippen LogP contribution in [0.25, 0.3) is 0 Å². The van der Waals surface area contributed by atoms with Gasteiger partial charge in [-0.3, -0.25) is 9.69 Å². The molecule has 3 heterocycles. The number of ether oxygens (including phenoxy) is 2. The Balaban J connectivity index is 0.000000186. The lowest BCUT2D eigenvalue weighted by Crippen LogP contribution is -2.60. The summed E-state index contributed by atoms with van der Waals surface area (Å²) in [7, 11) is 0. The first kappa shape index (κ1) is 26.7. The van der Waals surface area contributed by atoms with Gasteiger partial charge in [-0.15, -0.1) is 0 Å². The molecule has 3 amide bonds. The molecule has 0 bridgehead atoms. The molecule has 3 aliphatic heterocycles. The summed E-state index contributed by atoms with van der Waals surface area (Å²) in [5.41, 5.74) is 2.34. The van der Waals surface area contributed by atoms with Gasteiger partial charge in [-0.25, -0.2) is 14.5 Å². The van der Waals surface area contributed by atoms with Gasteiger partial charge in [0.15, 0.2) is 0 Å². The van der Waals surface area contributed by atoms with Crippen LogP contribution >= 0.6 is 0 Å². The Morgan fingerprint density at radius 3 is 2.24 bits per heavy atom. The number of carbonyl (C=O) groups is 3. The largest absolute Gasteiger partial charge is 0.447 e. The Hall–Kier alpha value is -3.39. The zero-order chi connectivity index (χ0) is 26.5. The second-order valence-corrected chi connectivity index (χ2v) is 11.2. The van der Waals surface area contributed by atoms with E-state index in [2.05, 4.69) is 35.2 Å². The van der Waals surface area contributed by atoms with Gasteiger partial charge >= 0.3 is 12.2 Å². The average Bonchev–Trinajstić information content (AvgIpc) is 3.42. The normalized spacial score (nSPS) is 20.6. The molecule has 3 aliphatic rings. The van der Waals surface area contributed by atoms with Crippen LogP contribution in [0.4, 0.5) is 9.59 Å². The second-order valence-electron chi connectivity index (χ2n) is 11.2. The number of likely N-dealkylation sites (tertiary alicyclic amines) is 2. The van der Waals surface area contributed by atoms with Gasteiger partial charge < -0.3 is 14.4 Å². The Morgan fingerprint density at radius 1 is 1.03 bits per heavy atom. The van der Waals surface area contributed by atoms with E-state index < -0.39 is 11.7 Å². The third-order valence-electron chi connectivity index (χ3n) is 6.90. The van der Waals surface area contributed by atoms with E-state index in [0.29, 0.717) is 18.2 Å². The van der Waals surface area contributed by atoms with Crippen molar-refractivity contribution in [1.29, 1.82) is 0 Å². The molecule has 2 aromatic rings. The molecular formula is C29H37N3O5. The first-order valence-corrected chi connectivity index (χ1v) is 12.8. The smallest absolute Gasteiger partial charge is 0.416 e. The Bertz CT molecular complexity index is 1060. The van der Waals surface area contributed by atoms with Gasteiger partial charge in [0.25, 0.3) is 0 Å². The maximum Gasteiger partial charge on any atom is 0.416 e. The van der Waals surface area contributed by atoms with Crippen molar-refractivity contribution in [3.63, 3.8) is 0 Å². The molecule has 8 nitrogen and oxygen atoms in total. The zero-order valence-corrected chi connectivity index (χ0v) is 22.0. The molecule has 198 valence electrons. The average molecular weight is 508 g/mol. The molecule has 3 fully saturated rings. The van der Waals surface area contributed by atoms with Crippen LogP contribution in [0.3, 0.4) is 0 Å². The van der Waals surface area contributed by atoms with Crippen molar-refractivity contribution in [2.45, 2.75) is 51.8 Å². The van der Waals surface area contributed by atoms with Crippen LogP contribution in [0.15, 0.2) is 60.7 Å². The first-order chi connectivity index (χ1) is 17.7. The minimum atomic E-state index is -0.550. The predicted octanol–water partition coefficient (Wildman–Crippen LogP) is 4.34. The molecular weight excluding hydrogens is 470 g/mol. The molecule has 2 aromatic carbocycles. The van der Waals surface area contributed by atoms with E-state index in [9.17, 15) is 14.4 Å². The Labute approximate surface area is 219 Å². The molecule has 5 rings (SSSR count). The third-order valence-corrected chi connectivity index (χ3v) is 6.90. The van der Waals surface area contributed by atoms with E-state index in [-0.39, 0.29) is 18.7 Å². The first-order valence-electron chi connectivity index (χ1n) is 12.8. The van der Waals surface area contributed by atoms with E-state index in [1.165, 1.54) is 12.0 Å². The van der Waals surface area contributed by atoms with Gasteiger partial charge in [0.2, 0.25) is 6.41 Å². The summed E-state index contributed by atoms with van der Waals surface area (Å²) in [6, 6.07) is 20.1. The van der Waals surface area contributed by atoms with E-state index in [0.717, 1.165) is 43.2 Å². The molecule has 0 N–H and O–H groups in total. The van der Waals surface area contributed by atoms with Crippen molar-refractivity contribution in [1.82, 2.24) is 14.7 Å². The number of hydrogen-bond donors (Lipinski definition) is 0. The summed E-state index contributed by atoms with van der Waals surface area (Å²) in [6.45, 7) is 10.9. The van der Waals surface area contributed by atoms with Crippen LogP contribution in [-0.2, 0) is 27.2 Å². The van der Waals surface area contributed by atoms with Crippen LogP contribution in [0.5, 0.6) is 0 Å². The monoisotopic (exact) mass is 507 g/mol. The van der Waals surface area contributed by atoms with Crippen LogP contribution in [0, 0.1) is 5.41 Å². The number of nitrogens with zero attached hydrogens (tertiary/aromatic N) is 3. The van der Waals surface area contributed by atoms with Gasteiger partial charge in [-0.05, 0) is 51.3 Å². The predicted molar refractivity (Wildman–Crippen MR) is 140 cm³/mol. The maximum atomic E-state index is 12.0. The van der Waals surface area contributed by atoms with E-state index in [1.807, 2.05) is 56.0 Å². The van der Waals surface area contributed by atoms with Crippen LogP contribution in [0.1, 0.15) is 38.3 Å². The molecule has 8 heteroatoms. The van der Waals surface area contributed by atoms with Gasteiger partial charge in [0, 0.05) is 31.6 Å². The van der Waals surface area contributed by atoms with Crippen LogP contribution in [-0.4, -0.2) is 77.7 Å². The van der Waals surface area contributed by atoms with Crippen molar-refractivity contribution in [3.8, 4) is 0 Å². The summed E-state index contributed by atoms with van der Waals surface area (Å²) in [5.74, 6) is 0. The highest BCUT2D eigenvalue weighted by Gasteiger charge is 2.50. The Morgan fingerprint density at radius 2 is 1.65 bits per heavy atom. The second kappa shape index (κ2) is 11.3. The standard InChI is InChI=1S/C18H26N2O2.C11H11NO3/c1-17(2,3)22-16(21)20-13-18(14-20)9-10-19(12-18)11-15-7-5-4-6-8-15;13-8-12-10(7-15-11(12)14)6-9-4-2-1-3-5-9/h4-8H,9-14H2,1-3H3;1-5,8,10H,6-7H2. The summed E-state index contributed by atoms with van der Waals surface area (Å²) in [5, 5.41) is 0. The molecule has 0 aromatic heterocycles. The third kappa shape index (κ3) is 7.10. The summed E-state index contributed by atoms with van der Waals surface area (Å²) < 4.78 is 10.2. The number of hydrogen-bond acceptors (Lipinski definition) is 6. The Kier molecular flexibility index (Phi) is 8.17. The highest BCUT2D eigenvalue weighted by molar-refractivity contribution is 5.82. The van der Waals surface area contributed by atoms with E-state index in [4.69, 9.17) is 9.47 Å². The lowest BCUT2D eigenvalue weighted by atomic mass is 9.79. The highest BCUT2D eigenvalue weighted by atomic mass is 16.6. The van der Waals surface area contributed by atoms with Crippen molar-refractivity contribution in [2.24, 2.45) is 5.41 Å². The minimum Gasteiger partial charge on any atom is -0.447 e. The number of benzene rings is 2. The topological polar surface area (TPSA) is 79.4 Å². The molecule has 1 spiro atoms. The number of amides is 3. The van der Waals surface area contributed by atoms with E-state index >= 15 is 0 Å². The molecule has 0 saturated carbocycles. The fourth-order valence-electron chi connectivity index (χ4n) is 5.13. The quantitative estimate of drug-likeness (QED) is 0.561. The minimum absolute atomic E-state index is 0.167. The van der Waals surface area contributed by atoms with Crippen LogP contribution in [0.2, 0.25) is 0 Å². The number of imide groups is 1. The zero-order valence-electron chi connectivity index (χ0n) is 22.0. The number of cyclic esters (lactones) is 1. The molecule has 1 atom stereocenters. The van der Waals surface area contributed by atoms with Crippen molar-refractivity contribution < 1.29 is 23.9 Å². The van der Waals surface area contributed by atoms with Crippen molar-refractivity contribution in [2.75, 3.05) is 32.8 Å². The fraction of sp³-hybridized carbons (Fsp3) is 0.483. The summed E-state index contributed by atoms with van der Waals surface area (Å²) in [4.78, 5) is 39.2. The number of carbonyl (C=O) groups excluding carboxylic acids is 3. The van der Waals surface area contributed by atoms with Gasteiger partial charge in [0.1, 0.15) is 12.2 Å². The van der Waals surface area contributed by atoms with Crippen molar-refractivity contribution in [3.05, 3.63) is 71.8 Å². The van der Waals surface area contributed by atoms with Crippen molar-refractivity contribution >= 4 is 18.6 Å². The molecule has 0 aliphatic carbocycles. The molecule has 3 saturated heterocycles. The van der Waals surface area contributed by atoms with Crippen LogP contribution < -0.4 is 0 Å². The number of rotatable bonds is 5. The van der Waals surface area contributed by atoms with Gasteiger partial charge in [-0.1, -0.05) is 60.7 Å². The lowest BCUT2D eigenvalue weighted by Gasteiger charge is -2.47. The van der Waals surface area contributed by atoms with Gasteiger partial charge in [-0.2, -0.15) is 0 Å². The summed E-state index contributed by atoms with van der Waals surface area (Å²) in [6.07, 6.45) is 1.64. The molecule has 1 unspecified atom stereocenters. The lowest BCUT2D eigenvalue weighted by molar-refractivity contribution is -0.116. The van der Waals surface area contributed by atoms with E-state index in [1.54, 1.807) is 0 Å². The van der Waals surface area contributed by atoms with Gasteiger partial charge in [0.05, 0.1) is 6.04 Å². The molecule has 0 radical (unpaired) electrons. The molecule has 37 heavy (non-hydrogen) atoms. The SMILES string of the molecule is CC(C)(C)OC(=O)N1CC2(CCN(Cc3ccccc3)C2)C1.O=CN1C(=O)OCC1Cc1ccccc1.